The van der Waals surface area contributed by atoms with E-state index in [0.717, 1.165) is 22.9 Å². The van der Waals surface area contributed by atoms with Crippen molar-refractivity contribution in [3.05, 3.63) is 43.1 Å². The number of fused-ring (bicyclic) bond motifs is 1. The molecule has 5 nitrogen and oxygen atoms in total. The van der Waals surface area contributed by atoms with Crippen LogP contribution >= 0.6 is 0 Å². The van der Waals surface area contributed by atoms with Crippen molar-refractivity contribution in [1.82, 2.24) is 19.6 Å². The van der Waals surface area contributed by atoms with Crippen LogP contribution in [0.3, 0.4) is 0 Å². The summed E-state index contributed by atoms with van der Waals surface area (Å²) in [7, 11) is 3.73. The number of nitrogens with two attached hydrogens (primary N) is 1. The summed E-state index contributed by atoms with van der Waals surface area (Å²) >= 11 is 0. The van der Waals surface area contributed by atoms with Crippen molar-refractivity contribution >= 4 is 11.6 Å². The van der Waals surface area contributed by atoms with Gasteiger partial charge >= 0.3 is 0 Å². The normalized spacial score (nSPS) is 11.2. The molecule has 2 heterocycles. The first-order chi connectivity index (χ1) is 8.29. The molecule has 2 aromatic heterocycles. The van der Waals surface area contributed by atoms with Gasteiger partial charge in [-0.1, -0.05) is 30.3 Å². The molecule has 17 heavy (non-hydrogen) atoms. The summed E-state index contributed by atoms with van der Waals surface area (Å²) in [6.45, 7) is 1.99. The highest BCUT2D eigenvalue weighted by atomic mass is 15.4. The highest BCUT2D eigenvalue weighted by molar-refractivity contribution is 5.57. The predicted octanol–water partition coefficient (Wildman–Crippen LogP) is 1.02. The van der Waals surface area contributed by atoms with Crippen LogP contribution in [0.2, 0.25) is 0 Å². The molecule has 86 valence electrons. The van der Waals surface area contributed by atoms with Crippen LogP contribution in [0.25, 0.3) is 17.2 Å². The van der Waals surface area contributed by atoms with E-state index in [0.29, 0.717) is 5.78 Å². The first-order valence-corrected chi connectivity index (χ1v) is 5.42. The quantitative estimate of drug-likeness (QED) is 0.642. The lowest BCUT2D eigenvalue weighted by Crippen LogP contribution is -2.70. The summed E-state index contributed by atoms with van der Waals surface area (Å²) < 4.78 is 1.87. The Labute approximate surface area is 98.5 Å². The van der Waals surface area contributed by atoms with Gasteiger partial charge in [-0.2, -0.15) is 9.97 Å². The minimum absolute atomic E-state index is 0.677. The topological polar surface area (TPSA) is 62.6 Å². The number of benzene rings is 1. The molecule has 0 radical (unpaired) electrons. The Balaban J connectivity index is 2.15. The van der Waals surface area contributed by atoms with E-state index < -0.39 is 0 Å². The Bertz CT molecular complexity index is 650. The smallest absolute Gasteiger partial charge is 0.256 e. The molecule has 0 saturated carbocycles. The number of imidazole rings is 1. The van der Waals surface area contributed by atoms with Crippen molar-refractivity contribution in [3.8, 4) is 11.4 Å². The van der Waals surface area contributed by atoms with E-state index in [2.05, 4.69) is 22.1 Å². The van der Waals surface area contributed by atoms with Crippen LogP contribution in [-0.4, -0.2) is 19.6 Å². The number of hydrogen-bond donors (Lipinski definition) is 2. The van der Waals surface area contributed by atoms with Gasteiger partial charge in [-0.05, 0) is 6.92 Å². The fraction of sp³-hybridized carbons (Fsp3) is 0.0833. The highest BCUT2D eigenvalue weighted by Gasteiger charge is 2.13. The summed E-state index contributed by atoms with van der Waals surface area (Å²) in [5.41, 5.74) is 2.07. The third-order valence-electron chi connectivity index (χ3n) is 2.80. The zero-order valence-corrected chi connectivity index (χ0v) is 9.51. The maximum atomic E-state index is 4.46. The number of aryl methyl sites for hydroxylation is 1. The second kappa shape index (κ2) is 3.71. The predicted molar refractivity (Wildman–Crippen MR) is 64.5 cm³/mol. The molecule has 0 atom stereocenters. The minimum Gasteiger partial charge on any atom is -0.428 e. The van der Waals surface area contributed by atoms with Crippen LogP contribution in [0.5, 0.6) is 0 Å². The van der Waals surface area contributed by atoms with Crippen LogP contribution in [0.4, 0.5) is 5.82 Å². The lowest BCUT2D eigenvalue weighted by molar-refractivity contribution is -0.509. The Morgan fingerprint density at radius 1 is 1.24 bits per heavy atom. The van der Waals surface area contributed by atoms with E-state index in [1.165, 1.54) is 0 Å². The van der Waals surface area contributed by atoms with E-state index >= 15 is 0 Å². The third-order valence-corrected chi connectivity index (χ3v) is 2.80. The molecule has 3 N–H and O–H groups in total. The summed E-state index contributed by atoms with van der Waals surface area (Å²) in [6, 6.07) is 9.99. The van der Waals surface area contributed by atoms with Crippen molar-refractivity contribution < 1.29 is 5.32 Å². The minimum atomic E-state index is 0.677. The maximum Gasteiger partial charge on any atom is 0.256 e. The fourth-order valence-corrected chi connectivity index (χ4v) is 1.86. The molecular formula is C12H13N5. The number of aromatic amines is 1. The number of aromatic nitrogens is 4. The Hall–Kier alpha value is -2.14. The summed E-state index contributed by atoms with van der Waals surface area (Å²) in [5, 5.41) is 4.97. The average molecular weight is 227 g/mol. The fourth-order valence-electron chi connectivity index (χ4n) is 1.86. The maximum absolute atomic E-state index is 4.46. The molecule has 0 saturated heterocycles. The van der Waals surface area contributed by atoms with Gasteiger partial charge in [-0.15, -0.1) is 7.05 Å². The Morgan fingerprint density at radius 3 is 2.65 bits per heavy atom. The van der Waals surface area contributed by atoms with E-state index in [1.54, 1.807) is 5.32 Å². The monoisotopic (exact) mass is 227 g/mol. The van der Waals surface area contributed by atoms with E-state index in [4.69, 9.17) is 0 Å². The number of rotatable bonds is 2. The number of hydrogen-bond acceptors (Lipinski definition) is 2. The van der Waals surface area contributed by atoms with Gasteiger partial charge in [0.1, 0.15) is 5.69 Å². The van der Waals surface area contributed by atoms with Gasteiger partial charge in [-0.3, -0.25) is 5.10 Å². The molecule has 0 amide bonds. The molecule has 5 heteroatoms. The molecule has 3 aromatic rings. The van der Waals surface area contributed by atoms with Gasteiger partial charge in [0, 0.05) is 5.56 Å². The molecule has 1 aromatic carbocycles. The lowest BCUT2D eigenvalue weighted by atomic mass is 10.2. The van der Waals surface area contributed by atoms with E-state index in [-0.39, 0.29) is 0 Å². The second-order valence-electron chi connectivity index (χ2n) is 3.86. The average Bonchev–Trinajstić information content (AvgIpc) is 2.90. The number of quaternary nitrogens is 1. The molecule has 0 aliphatic heterocycles. The van der Waals surface area contributed by atoms with Crippen LogP contribution < -0.4 is 5.32 Å². The number of H-pyrrole nitrogens is 1. The molecule has 0 spiro atoms. The first kappa shape index (κ1) is 10.0. The van der Waals surface area contributed by atoms with Crippen molar-refractivity contribution in [2.45, 2.75) is 6.92 Å². The van der Waals surface area contributed by atoms with Crippen molar-refractivity contribution in [1.29, 1.82) is 0 Å². The largest absolute Gasteiger partial charge is 0.428 e. The van der Waals surface area contributed by atoms with Crippen LogP contribution in [0, 0.1) is 14.0 Å². The number of nitrogens with one attached hydrogen (secondary N) is 1. The SMILES string of the molecule is [CH2-][NH2+]c1nc2nc(-c3ccccc3)[nH]n2c1C. The van der Waals surface area contributed by atoms with Crippen molar-refractivity contribution in [3.63, 3.8) is 0 Å². The molecule has 0 bridgehead atoms. The van der Waals surface area contributed by atoms with Gasteiger partial charge in [0.25, 0.3) is 5.78 Å². The van der Waals surface area contributed by atoms with Gasteiger partial charge in [0.15, 0.2) is 5.82 Å². The van der Waals surface area contributed by atoms with Gasteiger partial charge in [0.2, 0.25) is 5.82 Å². The van der Waals surface area contributed by atoms with Crippen LogP contribution in [-0.2, 0) is 0 Å². The second-order valence-corrected chi connectivity index (χ2v) is 3.86. The zero-order valence-electron chi connectivity index (χ0n) is 9.51. The zero-order chi connectivity index (χ0) is 11.8. The lowest BCUT2D eigenvalue weighted by Gasteiger charge is -1.96. The Kier molecular flexibility index (Phi) is 2.19. The molecule has 0 aliphatic rings. The van der Waals surface area contributed by atoms with Crippen LogP contribution in [0.15, 0.2) is 30.3 Å². The molecule has 0 unspecified atom stereocenters. The highest BCUT2D eigenvalue weighted by Crippen LogP contribution is 2.17. The van der Waals surface area contributed by atoms with Crippen molar-refractivity contribution in [2.24, 2.45) is 0 Å². The third kappa shape index (κ3) is 1.52. The van der Waals surface area contributed by atoms with Gasteiger partial charge in [0.05, 0.1) is 0 Å². The summed E-state index contributed by atoms with van der Waals surface area (Å²) in [6.07, 6.45) is 0. The first-order valence-electron chi connectivity index (χ1n) is 5.42. The van der Waals surface area contributed by atoms with Crippen LogP contribution in [0.1, 0.15) is 5.69 Å². The molecule has 3 rings (SSSR count). The van der Waals surface area contributed by atoms with Gasteiger partial charge in [-0.25, -0.2) is 4.52 Å². The molecule has 0 fully saturated rings. The standard InChI is InChI=1S/C12H13N5/c1-8-10(13-2)14-12-15-11(16-17(8)12)9-6-4-3-5-7-9/h3-7H,2,13H2,1H3,(H,14,15,16). The molecular weight excluding hydrogens is 214 g/mol. The van der Waals surface area contributed by atoms with E-state index in [9.17, 15) is 0 Å². The molecule has 0 aliphatic carbocycles. The summed E-state index contributed by atoms with van der Waals surface area (Å²) in [4.78, 5) is 8.84. The summed E-state index contributed by atoms with van der Waals surface area (Å²) in [5.74, 6) is 2.37. The number of nitrogens with zero attached hydrogens (tertiary/aromatic N) is 3. The van der Waals surface area contributed by atoms with Gasteiger partial charge < -0.3 is 5.32 Å². The van der Waals surface area contributed by atoms with E-state index in [1.807, 2.05) is 41.8 Å². The van der Waals surface area contributed by atoms with Crippen molar-refractivity contribution in [2.75, 3.05) is 0 Å². The Morgan fingerprint density at radius 2 is 2.00 bits per heavy atom.